The van der Waals surface area contributed by atoms with Crippen LogP contribution in [0.1, 0.15) is 0 Å². The summed E-state index contributed by atoms with van der Waals surface area (Å²) in [4.78, 5) is 27.9. The summed E-state index contributed by atoms with van der Waals surface area (Å²) >= 11 is 0. The Morgan fingerprint density at radius 1 is 0.857 bits per heavy atom. The molecule has 5 rings (SSSR count). The number of nitrogens with zero attached hydrogens (tertiary/aromatic N) is 2. The SMILES string of the molecule is COc1ccc(N(C2=CC(C3C=C(C(=O)O)C=C(C4=CC(C(=O)O)=CCN4)N3)N(C)C=C2)c2ccc(OC)cc2)cc1. The number of likely N-dealkylation sites (N-methyl/N-ethyl adjacent to an activating group) is 1. The number of ether oxygens (including phenoxy) is 2. The zero-order valence-corrected chi connectivity index (χ0v) is 23.4. The minimum absolute atomic E-state index is 0.114. The van der Waals surface area contributed by atoms with E-state index in [0.29, 0.717) is 17.9 Å². The van der Waals surface area contributed by atoms with E-state index in [1.165, 1.54) is 12.2 Å². The largest absolute Gasteiger partial charge is 0.497 e. The predicted molar refractivity (Wildman–Crippen MR) is 159 cm³/mol. The normalized spacial score (nSPS) is 19.6. The van der Waals surface area contributed by atoms with Gasteiger partial charge in [0.2, 0.25) is 0 Å². The number of carboxylic acid groups (broad SMARTS) is 2. The third-order valence-electron chi connectivity index (χ3n) is 7.26. The third kappa shape index (κ3) is 5.87. The van der Waals surface area contributed by atoms with Gasteiger partial charge in [0.25, 0.3) is 0 Å². The maximum atomic E-state index is 12.2. The molecule has 42 heavy (non-hydrogen) atoms. The van der Waals surface area contributed by atoms with Crippen LogP contribution < -0.4 is 25.0 Å². The van der Waals surface area contributed by atoms with Crippen LogP contribution in [0.2, 0.25) is 0 Å². The van der Waals surface area contributed by atoms with E-state index in [2.05, 4.69) is 21.6 Å². The Labute approximate surface area is 243 Å². The monoisotopic (exact) mass is 568 g/mol. The lowest BCUT2D eigenvalue weighted by Gasteiger charge is -2.38. The second-order valence-corrected chi connectivity index (χ2v) is 9.85. The van der Waals surface area contributed by atoms with Gasteiger partial charge in [-0.25, -0.2) is 9.59 Å². The number of anilines is 2. The summed E-state index contributed by atoms with van der Waals surface area (Å²) in [6.45, 7) is 0.318. The molecule has 2 aromatic carbocycles. The molecule has 3 heterocycles. The first-order chi connectivity index (χ1) is 20.3. The predicted octanol–water partition coefficient (Wildman–Crippen LogP) is 3.92. The van der Waals surface area contributed by atoms with Crippen LogP contribution >= 0.6 is 0 Å². The summed E-state index contributed by atoms with van der Waals surface area (Å²) < 4.78 is 10.7. The van der Waals surface area contributed by atoms with Crippen molar-refractivity contribution in [2.75, 3.05) is 32.7 Å². The Morgan fingerprint density at radius 2 is 1.43 bits per heavy atom. The molecule has 3 aliphatic heterocycles. The highest BCUT2D eigenvalue weighted by atomic mass is 16.5. The fourth-order valence-corrected chi connectivity index (χ4v) is 5.05. The van der Waals surface area contributed by atoms with Crippen molar-refractivity contribution in [1.29, 1.82) is 0 Å². The molecule has 0 fully saturated rings. The Bertz CT molecular complexity index is 1500. The van der Waals surface area contributed by atoms with Crippen LogP contribution in [-0.4, -0.2) is 66.9 Å². The van der Waals surface area contributed by atoms with E-state index in [-0.39, 0.29) is 17.2 Å². The van der Waals surface area contributed by atoms with Crippen molar-refractivity contribution in [3.05, 3.63) is 119 Å². The summed E-state index contributed by atoms with van der Waals surface area (Å²) in [6, 6.07) is 14.7. The second kappa shape index (κ2) is 12.0. The number of allylic oxidation sites excluding steroid dienone is 1. The first-order valence-corrected chi connectivity index (χ1v) is 13.3. The molecule has 3 aliphatic rings. The maximum absolute atomic E-state index is 12.2. The number of carboxylic acids is 2. The summed E-state index contributed by atoms with van der Waals surface area (Å²) in [7, 11) is 5.18. The first-order valence-electron chi connectivity index (χ1n) is 13.3. The van der Waals surface area contributed by atoms with Gasteiger partial charge >= 0.3 is 11.9 Å². The molecule has 0 aliphatic carbocycles. The molecule has 2 unspecified atom stereocenters. The average Bonchev–Trinajstić information content (AvgIpc) is 3.02. The van der Waals surface area contributed by atoms with Gasteiger partial charge in [0.1, 0.15) is 11.5 Å². The lowest BCUT2D eigenvalue weighted by molar-refractivity contribution is -0.133. The highest BCUT2D eigenvalue weighted by Gasteiger charge is 2.30. The van der Waals surface area contributed by atoms with Crippen molar-refractivity contribution in [3.8, 4) is 11.5 Å². The number of hydrogen-bond acceptors (Lipinski definition) is 8. The number of nitrogens with one attached hydrogen (secondary N) is 2. The van der Waals surface area contributed by atoms with Crippen molar-refractivity contribution < 1.29 is 29.3 Å². The van der Waals surface area contributed by atoms with Gasteiger partial charge in [-0.15, -0.1) is 0 Å². The van der Waals surface area contributed by atoms with Crippen LogP contribution in [0.15, 0.2) is 119 Å². The second-order valence-electron chi connectivity index (χ2n) is 9.85. The molecule has 10 nitrogen and oxygen atoms in total. The lowest BCUT2D eigenvalue weighted by Crippen LogP contribution is -2.48. The van der Waals surface area contributed by atoms with Crippen LogP contribution in [0.25, 0.3) is 0 Å². The van der Waals surface area contributed by atoms with Crippen molar-refractivity contribution in [3.63, 3.8) is 0 Å². The van der Waals surface area contributed by atoms with E-state index in [1.807, 2.05) is 72.8 Å². The van der Waals surface area contributed by atoms with Crippen LogP contribution in [0, 0.1) is 0 Å². The van der Waals surface area contributed by atoms with Crippen molar-refractivity contribution in [1.82, 2.24) is 15.5 Å². The van der Waals surface area contributed by atoms with Gasteiger partial charge in [0.15, 0.2) is 0 Å². The molecule has 4 N–H and O–H groups in total. The lowest BCUT2D eigenvalue weighted by atomic mass is 9.95. The van der Waals surface area contributed by atoms with Crippen molar-refractivity contribution in [2.45, 2.75) is 12.1 Å². The van der Waals surface area contributed by atoms with Crippen molar-refractivity contribution >= 4 is 23.3 Å². The number of rotatable bonds is 9. The average molecular weight is 569 g/mol. The van der Waals surface area contributed by atoms with Crippen LogP contribution in [0.3, 0.4) is 0 Å². The molecule has 0 bridgehead atoms. The molecule has 0 saturated carbocycles. The van der Waals surface area contributed by atoms with E-state index in [0.717, 1.165) is 28.6 Å². The molecule has 0 spiro atoms. The maximum Gasteiger partial charge on any atom is 0.335 e. The number of methoxy groups -OCH3 is 2. The van der Waals surface area contributed by atoms with E-state index in [1.54, 1.807) is 26.4 Å². The Balaban J connectivity index is 1.53. The molecule has 0 amide bonds. The molecule has 0 radical (unpaired) electrons. The van der Waals surface area contributed by atoms with Crippen molar-refractivity contribution in [2.24, 2.45) is 0 Å². The fraction of sp³-hybridized carbons (Fsp3) is 0.188. The zero-order chi connectivity index (χ0) is 29.8. The summed E-state index contributed by atoms with van der Waals surface area (Å²) in [6.07, 6.45) is 12.3. The molecular weight excluding hydrogens is 536 g/mol. The van der Waals surface area contributed by atoms with Gasteiger partial charge < -0.3 is 40.1 Å². The number of hydrogen-bond donors (Lipinski definition) is 4. The van der Waals surface area contributed by atoms with Gasteiger partial charge in [-0.1, -0.05) is 6.08 Å². The molecule has 0 aromatic heterocycles. The van der Waals surface area contributed by atoms with E-state index in [9.17, 15) is 19.8 Å². The molecule has 216 valence electrons. The van der Waals surface area contributed by atoms with Gasteiger partial charge in [0, 0.05) is 36.9 Å². The quantitative estimate of drug-likeness (QED) is 0.354. The Hall–Kier alpha value is -5.38. The third-order valence-corrected chi connectivity index (χ3v) is 7.26. The number of dihydropyridines is 2. The summed E-state index contributed by atoms with van der Waals surface area (Å²) in [5.41, 5.74) is 3.97. The fourth-order valence-electron chi connectivity index (χ4n) is 5.05. The molecular formula is C32H32N4O6. The van der Waals surface area contributed by atoms with Gasteiger partial charge in [-0.05, 0) is 78.9 Å². The minimum atomic E-state index is -1.07. The van der Waals surface area contributed by atoms with Gasteiger partial charge in [0.05, 0.1) is 48.8 Å². The first kappa shape index (κ1) is 28.2. The van der Waals surface area contributed by atoms with Gasteiger partial charge in [-0.2, -0.15) is 0 Å². The van der Waals surface area contributed by atoms with Crippen LogP contribution in [0.4, 0.5) is 11.4 Å². The topological polar surface area (TPSA) is 124 Å². The Morgan fingerprint density at radius 3 is 1.98 bits per heavy atom. The highest BCUT2D eigenvalue weighted by Crippen LogP contribution is 2.35. The number of benzene rings is 2. The van der Waals surface area contributed by atoms with Gasteiger partial charge in [-0.3, -0.25) is 0 Å². The number of carbonyl (C=O) groups is 2. The van der Waals surface area contributed by atoms with Crippen LogP contribution in [-0.2, 0) is 9.59 Å². The minimum Gasteiger partial charge on any atom is -0.497 e. The summed E-state index contributed by atoms with van der Waals surface area (Å²) in [5.74, 6) is -0.635. The number of aliphatic carboxylic acids is 2. The zero-order valence-electron chi connectivity index (χ0n) is 23.4. The molecule has 0 saturated heterocycles. The van der Waals surface area contributed by atoms with E-state index < -0.39 is 18.0 Å². The molecule has 2 aromatic rings. The smallest absolute Gasteiger partial charge is 0.335 e. The summed E-state index contributed by atoms with van der Waals surface area (Å²) in [5, 5.41) is 26.0. The highest BCUT2D eigenvalue weighted by molar-refractivity contribution is 5.92. The molecule has 2 atom stereocenters. The van der Waals surface area contributed by atoms with E-state index >= 15 is 0 Å². The molecule has 10 heteroatoms. The van der Waals surface area contributed by atoms with E-state index in [4.69, 9.17) is 9.47 Å². The standard InChI is InChI=1S/C32H32N4O6/c1-35-15-13-24(36(22-4-8-25(41-2)9-5-22)23-6-10-26(42-3)11-7-23)19-30(35)29-18-21(32(39)40)17-28(34-29)27-16-20(31(37)38)12-14-33-27/h4-13,15-19,29-30,33-34H,14H2,1-3H3,(H,37,38)(H,39,40). The Kier molecular flexibility index (Phi) is 8.05. The van der Waals surface area contributed by atoms with Crippen LogP contribution in [0.5, 0.6) is 11.5 Å².